The molecule has 1 heterocycles. The van der Waals surface area contributed by atoms with Gasteiger partial charge in [0, 0.05) is 5.02 Å². The van der Waals surface area contributed by atoms with Crippen LogP contribution in [0.1, 0.15) is 0 Å². The molecular weight excluding hydrogens is 283 g/mol. The second-order valence-electron chi connectivity index (χ2n) is 2.95. The molecular formula is C9H6Cl2N4OS. The zero-order chi connectivity index (χ0) is 12.3. The van der Waals surface area contributed by atoms with Crippen LogP contribution in [0.4, 0.5) is 15.6 Å². The van der Waals surface area contributed by atoms with Crippen molar-refractivity contribution in [1.82, 2.24) is 10.2 Å². The van der Waals surface area contributed by atoms with Crippen LogP contribution in [0.25, 0.3) is 0 Å². The van der Waals surface area contributed by atoms with Gasteiger partial charge in [-0.15, -0.1) is 10.2 Å². The topological polar surface area (TPSA) is 66.9 Å². The van der Waals surface area contributed by atoms with E-state index in [1.54, 1.807) is 18.2 Å². The normalized spacial score (nSPS) is 10.0. The molecule has 0 atom stereocenters. The summed E-state index contributed by atoms with van der Waals surface area (Å²) in [6.07, 6.45) is 0. The average molecular weight is 289 g/mol. The van der Waals surface area contributed by atoms with Crippen LogP contribution in [0.3, 0.4) is 0 Å². The predicted octanol–water partition coefficient (Wildman–Crippen LogP) is 3.49. The molecule has 0 aliphatic carbocycles. The molecule has 5 nitrogen and oxygen atoms in total. The van der Waals surface area contributed by atoms with Gasteiger partial charge in [0.15, 0.2) is 0 Å². The van der Waals surface area contributed by atoms with Crippen LogP contribution >= 0.6 is 34.5 Å². The van der Waals surface area contributed by atoms with E-state index in [1.807, 2.05) is 0 Å². The minimum absolute atomic E-state index is 0.366. The van der Waals surface area contributed by atoms with E-state index in [-0.39, 0.29) is 0 Å². The van der Waals surface area contributed by atoms with Crippen LogP contribution in [-0.4, -0.2) is 16.2 Å². The second kappa shape index (κ2) is 5.31. The number of carbonyl (C=O) groups is 1. The van der Waals surface area contributed by atoms with Crippen LogP contribution in [0.2, 0.25) is 10.0 Å². The van der Waals surface area contributed by atoms with Gasteiger partial charge in [-0.05, 0) is 18.2 Å². The Bertz CT molecular complexity index is 532. The number of urea groups is 1. The number of hydrogen-bond acceptors (Lipinski definition) is 4. The molecule has 1 aromatic carbocycles. The summed E-state index contributed by atoms with van der Waals surface area (Å²) in [6, 6.07) is 4.35. The van der Waals surface area contributed by atoms with E-state index in [1.165, 1.54) is 16.8 Å². The van der Waals surface area contributed by atoms with Gasteiger partial charge < -0.3 is 5.32 Å². The highest BCUT2D eigenvalue weighted by molar-refractivity contribution is 7.13. The molecule has 8 heteroatoms. The number of rotatable bonds is 2. The number of halogens is 2. The minimum Gasteiger partial charge on any atom is -0.306 e. The summed E-state index contributed by atoms with van der Waals surface area (Å²) in [6.45, 7) is 0. The Morgan fingerprint density at radius 1 is 1.29 bits per heavy atom. The lowest BCUT2D eigenvalue weighted by molar-refractivity contribution is 0.262. The highest BCUT2D eigenvalue weighted by atomic mass is 35.5. The van der Waals surface area contributed by atoms with Crippen molar-refractivity contribution >= 4 is 51.4 Å². The number of aromatic nitrogens is 2. The maximum Gasteiger partial charge on any atom is 0.325 e. The summed E-state index contributed by atoms with van der Waals surface area (Å²) in [7, 11) is 0. The third-order valence-electron chi connectivity index (χ3n) is 1.76. The molecule has 2 N–H and O–H groups in total. The van der Waals surface area contributed by atoms with E-state index in [2.05, 4.69) is 20.8 Å². The lowest BCUT2D eigenvalue weighted by Gasteiger charge is -2.07. The Morgan fingerprint density at radius 2 is 2.12 bits per heavy atom. The summed E-state index contributed by atoms with van der Waals surface area (Å²) < 4.78 is 0. The van der Waals surface area contributed by atoms with Crippen LogP contribution in [0, 0.1) is 0 Å². The van der Waals surface area contributed by atoms with E-state index in [4.69, 9.17) is 23.2 Å². The van der Waals surface area contributed by atoms with Gasteiger partial charge in [0.2, 0.25) is 5.13 Å². The summed E-state index contributed by atoms with van der Waals surface area (Å²) in [5, 5.41) is 13.6. The first-order valence-corrected chi connectivity index (χ1v) is 6.08. The third-order valence-corrected chi connectivity index (χ3v) is 2.91. The van der Waals surface area contributed by atoms with Crippen molar-refractivity contribution in [2.24, 2.45) is 0 Å². The molecule has 0 bridgehead atoms. The summed E-state index contributed by atoms with van der Waals surface area (Å²) >= 11 is 12.9. The number of amides is 2. The van der Waals surface area contributed by atoms with Gasteiger partial charge >= 0.3 is 6.03 Å². The van der Waals surface area contributed by atoms with Gasteiger partial charge in [-0.2, -0.15) is 0 Å². The van der Waals surface area contributed by atoms with Crippen molar-refractivity contribution in [2.45, 2.75) is 0 Å². The van der Waals surface area contributed by atoms with Crippen molar-refractivity contribution in [3.05, 3.63) is 33.8 Å². The predicted molar refractivity (Wildman–Crippen MR) is 69.0 cm³/mol. The van der Waals surface area contributed by atoms with E-state index < -0.39 is 6.03 Å². The van der Waals surface area contributed by atoms with E-state index in [0.29, 0.717) is 20.9 Å². The number of anilines is 2. The van der Waals surface area contributed by atoms with Gasteiger partial charge in [-0.25, -0.2) is 4.79 Å². The smallest absolute Gasteiger partial charge is 0.306 e. The van der Waals surface area contributed by atoms with Gasteiger partial charge in [-0.3, -0.25) is 5.32 Å². The van der Waals surface area contributed by atoms with Crippen LogP contribution in [0.5, 0.6) is 0 Å². The zero-order valence-corrected chi connectivity index (χ0v) is 10.6. The van der Waals surface area contributed by atoms with Gasteiger partial charge in [0.05, 0.1) is 10.7 Å². The van der Waals surface area contributed by atoms with Crippen molar-refractivity contribution in [2.75, 3.05) is 10.6 Å². The largest absolute Gasteiger partial charge is 0.325 e. The second-order valence-corrected chi connectivity index (χ2v) is 4.62. The van der Waals surface area contributed by atoms with Gasteiger partial charge in [0.1, 0.15) is 5.51 Å². The fourth-order valence-electron chi connectivity index (χ4n) is 1.07. The Balaban J connectivity index is 2.03. The highest BCUT2D eigenvalue weighted by Gasteiger charge is 2.07. The highest BCUT2D eigenvalue weighted by Crippen LogP contribution is 2.25. The Morgan fingerprint density at radius 3 is 2.76 bits per heavy atom. The molecule has 0 fully saturated rings. The van der Waals surface area contributed by atoms with E-state index in [0.717, 1.165) is 0 Å². The number of nitrogens with zero attached hydrogens (tertiary/aromatic N) is 2. The molecule has 0 aliphatic rings. The Hall–Kier alpha value is -1.37. The molecule has 0 spiro atoms. The zero-order valence-electron chi connectivity index (χ0n) is 8.28. The Kier molecular flexibility index (Phi) is 3.78. The van der Waals surface area contributed by atoms with Crippen LogP contribution in [-0.2, 0) is 0 Å². The summed E-state index contributed by atoms with van der Waals surface area (Å²) in [5.74, 6) is 0. The first kappa shape index (κ1) is 12.1. The molecule has 2 rings (SSSR count). The Labute approximate surface area is 111 Å². The molecule has 2 amide bonds. The molecule has 0 saturated carbocycles. The fourth-order valence-corrected chi connectivity index (χ4v) is 1.96. The third kappa shape index (κ3) is 3.29. The monoisotopic (exact) mass is 288 g/mol. The van der Waals surface area contributed by atoms with Crippen molar-refractivity contribution < 1.29 is 4.79 Å². The lowest BCUT2D eigenvalue weighted by atomic mass is 10.3. The van der Waals surface area contributed by atoms with E-state index in [9.17, 15) is 4.79 Å². The molecule has 1 aromatic heterocycles. The molecule has 0 saturated heterocycles. The lowest BCUT2D eigenvalue weighted by Crippen LogP contribution is -2.19. The van der Waals surface area contributed by atoms with Crippen molar-refractivity contribution in [3.63, 3.8) is 0 Å². The van der Waals surface area contributed by atoms with Crippen LogP contribution in [0.15, 0.2) is 23.7 Å². The SMILES string of the molecule is O=C(Nc1nncs1)Nc1ccc(Cl)cc1Cl. The van der Waals surface area contributed by atoms with Gasteiger partial charge in [-0.1, -0.05) is 34.5 Å². The molecule has 88 valence electrons. The summed E-state index contributed by atoms with van der Waals surface area (Å²) in [4.78, 5) is 11.5. The molecule has 0 aliphatic heterocycles. The quantitative estimate of drug-likeness (QED) is 0.889. The first-order valence-electron chi connectivity index (χ1n) is 4.44. The average Bonchev–Trinajstić information content (AvgIpc) is 2.75. The number of hydrogen-bond donors (Lipinski definition) is 2. The molecule has 2 aromatic rings. The van der Waals surface area contributed by atoms with Crippen molar-refractivity contribution in [1.29, 1.82) is 0 Å². The maximum absolute atomic E-state index is 11.5. The van der Waals surface area contributed by atoms with Crippen LogP contribution < -0.4 is 10.6 Å². The standard InChI is InChI=1S/C9H6Cl2N4OS/c10-5-1-2-7(6(11)3-5)13-8(16)14-9-15-12-4-17-9/h1-4H,(H2,13,14,15,16). The summed E-state index contributed by atoms with van der Waals surface area (Å²) in [5.41, 5.74) is 1.99. The maximum atomic E-state index is 11.5. The molecule has 0 radical (unpaired) electrons. The van der Waals surface area contributed by atoms with E-state index >= 15 is 0 Å². The first-order chi connectivity index (χ1) is 8.15. The van der Waals surface area contributed by atoms with Gasteiger partial charge in [0.25, 0.3) is 0 Å². The number of carbonyl (C=O) groups excluding carboxylic acids is 1. The minimum atomic E-state index is -0.439. The molecule has 0 unspecified atom stereocenters. The number of benzene rings is 1. The fraction of sp³-hybridized carbons (Fsp3) is 0. The number of nitrogens with one attached hydrogen (secondary N) is 2. The molecule has 17 heavy (non-hydrogen) atoms. The van der Waals surface area contributed by atoms with Crippen molar-refractivity contribution in [3.8, 4) is 0 Å².